The Kier molecular flexibility index (Phi) is 4.59. The van der Waals surface area contributed by atoms with Crippen molar-refractivity contribution in [1.82, 2.24) is 4.90 Å². The third kappa shape index (κ3) is 2.83. The number of aliphatic imine (C=N–C) groups is 1. The zero-order valence-corrected chi connectivity index (χ0v) is 15.1. The van der Waals surface area contributed by atoms with Gasteiger partial charge in [-0.1, -0.05) is 45.9 Å². The van der Waals surface area contributed by atoms with Crippen LogP contribution in [0.25, 0.3) is 0 Å². The molecule has 3 rings (SSSR count). The summed E-state index contributed by atoms with van der Waals surface area (Å²) in [5.41, 5.74) is 1.83. The van der Waals surface area contributed by atoms with E-state index in [1.165, 1.54) is 18.9 Å². The van der Waals surface area contributed by atoms with E-state index in [9.17, 15) is 9.59 Å². The predicted molar refractivity (Wildman–Crippen MR) is 93.0 cm³/mol. The zero-order chi connectivity index (χ0) is 16.6. The van der Waals surface area contributed by atoms with Crippen molar-refractivity contribution in [1.29, 1.82) is 0 Å². The van der Waals surface area contributed by atoms with Crippen LogP contribution in [0.5, 0.6) is 0 Å². The predicted octanol–water partition coefficient (Wildman–Crippen LogP) is 3.27. The van der Waals surface area contributed by atoms with Crippen molar-refractivity contribution in [2.24, 2.45) is 4.99 Å². The molecule has 0 saturated carbocycles. The van der Waals surface area contributed by atoms with Gasteiger partial charge in [-0.2, -0.15) is 0 Å². The molecule has 23 heavy (non-hydrogen) atoms. The highest BCUT2D eigenvalue weighted by Gasteiger charge is 2.42. The van der Waals surface area contributed by atoms with Gasteiger partial charge in [-0.25, -0.2) is 9.79 Å². The van der Waals surface area contributed by atoms with Gasteiger partial charge >= 0.3 is 5.97 Å². The van der Waals surface area contributed by atoms with E-state index in [0.717, 1.165) is 10.0 Å². The Labute approximate surface area is 146 Å². The number of carbonyl (C=O) groups is 2. The summed E-state index contributed by atoms with van der Waals surface area (Å²) in [6.07, 6.45) is 0.429. The molecule has 0 unspecified atom stereocenters. The molecule has 0 radical (unpaired) electrons. The molecule has 1 amide bonds. The number of benzene rings is 1. The van der Waals surface area contributed by atoms with Gasteiger partial charge in [0.1, 0.15) is 0 Å². The van der Waals surface area contributed by atoms with E-state index in [1.54, 1.807) is 11.8 Å². The fraction of sp³-hybridized carbons (Fsp3) is 0.312. The number of methoxy groups -OCH3 is 1. The average molecular weight is 395 g/mol. The third-order valence-corrected chi connectivity index (χ3v) is 5.49. The maximum absolute atomic E-state index is 12.5. The Balaban J connectivity index is 2.22. The maximum atomic E-state index is 12.5. The van der Waals surface area contributed by atoms with Crippen LogP contribution in [0.1, 0.15) is 24.9 Å². The summed E-state index contributed by atoms with van der Waals surface area (Å²) < 4.78 is 5.78. The van der Waals surface area contributed by atoms with Gasteiger partial charge < -0.3 is 4.74 Å². The number of hydrogen-bond acceptors (Lipinski definition) is 5. The molecule has 1 atom stereocenters. The van der Waals surface area contributed by atoms with Crippen LogP contribution in [0.4, 0.5) is 0 Å². The normalized spacial score (nSPS) is 21.0. The van der Waals surface area contributed by atoms with Crippen LogP contribution < -0.4 is 0 Å². The molecule has 120 valence electrons. The number of thioether (sulfide) groups is 1. The number of nitrogens with zero attached hydrogens (tertiary/aromatic N) is 2. The van der Waals surface area contributed by atoms with Gasteiger partial charge in [0, 0.05) is 16.6 Å². The molecule has 1 saturated heterocycles. The first kappa shape index (κ1) is 16.3. The van der Waals surface area contributed by atoms with Crippen LogP contribution in [0.3, 0.4) is 0 Å². The van der Waals surface area contributed by atoms with E-state index >= 15 is 0 Å². The molecule has 0 aliphatic carbocycles. The lowest BCUT2D eigenvalue weighted by atomic mass is 9.94. The molecule has 2 aliphatic rings. The molecule has 2 aliphatic heterocycles. The molecular weight excluding hydrogens is 380 g/mol. The molecule has 0 N–H and O–H groups in total. The topological polar surface area (TPSA) is 59.0 Å². The quantitative estimate of drug-likeness (QED) is 0.722. The van der Waals surface area contributed by atoms with Gasteiger partial charge in [-0.3, -0.25) is 9.69 Å². The Hall–Kier alpha value is -1.60. The number of esters is 1. The van der Waals surface area contributed by atoms with Crippen molar-refractivity contribution in [3.05, 3.63) is 45.6 Å². The van der Waals surface area contributed by atoms with Crippen molar-refractivity contribution >= 4 is 44.7 Å². The largest absolute Gasteiger partial charge is 0.466 e. The minimum Gasteiger partial charge on any atom is -0.466 e. The van der Waals surface area contributed by atoms with E-state index in [4.69, 9.17) is 4.74 Å². The number of allylic oxidation sites excluding steroid dienone is 1. The van der Waals surface area contributed by atoms with Crippen molar-refractivity contribution in [2.45, 2.75) is 19.4 Å². The molecule has 1 aromatic rings. The lowest BCUT2D eigenvalue weighted by molar-refractivity contribution is -0.137. The van der Waals surface area contributed by atoms with Gasteiger partial charge in [0.15, 0.2) is 5.17 Å². The fourth-order valence-corrected chi connectivity index (χ4v) is 4.27. The third-order valence-electron chi connectivity index (χ3n) is 3.81. The standard InChI is InChI=1S/C16H15BrN2O3S/c1-9-13(15(21)22-2)14(10-5-3-4-6-11(10)17)19-12(20)7-8-23-16(19)18-9/h3-6,14H,7-8H2,1-2H3/t14-/m0/s1. The van der Waals surface area contributed by atoms with Crippen molar-refractivity contribution < 1.29 is 14.3 Å². The number of amides is 1. The lowest BCUT2D eigenvalue weighted by Gasteiger charge is -2.39. The minimum absolute atomic E-state index is 0.0304. The van der Waals surface area contributed by atoms with Crippen LogP contribution in [0.2, 0.25) is 0 Å². The zero-order valence-electron chi connectivity index (χ0n) is 12.7. The van der Waals surface area contributed by atoms with Crippen LogP contribution in [-0.2, 0) is 14.3 Å². The summed E-state index contributed by atoms with van der Waals surface area (Å²) in [6.45, 7) is 1.78. The van der Waals surface area contributed by atoms with Gasteiger partial charge in [0.25, 0.3) is 0 Å². The molecule has 5 nitrogen and oxygen atoms in total. The van der Waals surface area contributed by atoms with E-state index < -0.39 is 12.0 Å². The summed E-state index contributed by atoms with van der Waals surface area (Å²) in [6, 6.07) is 7.06. The molecule has 2 heterocycles. The summed E-state index contributed by atoms with van der Waals surface area (Å²) in [5.74, 6) is 0.212. The second-order valence-corrected chi connectivity index (χ2v) is 7.09. The number of rotatable bonds is 2. The Morgan fingerprint density at radius 1 is 1.43 bits per heavy atom. The summed E-state index contributed by atoms with van der Waals surface area (Å²) in [5, 5.41) is 0.646. The first-order valence-corrected chi connectivity index (χ1v) is 8.89. The Morgan fingerprint density at radius 2 is 2.17 bits per heavy atom. The van der Waals surface area contributed by atoms with Crippen molar-refractivity contribution in [2.75, 3.05) is 12.9 Å². The molecular formula is C16H15BrN2O3S. The smallest absolute Gasteiger partial charge is 0.338 e. The number of ether oxygens (including phenoxy) is 1. The minimum atomic E-state index is -0.522. The van der Waals surface area contributed by atoms with Gasteiger partial charge in [-0.15, -0.1) is 0 Å². The Morgan fingerprint density at radius 3 is 2.87 bits per heavy atom. The monoisotopic (exact) mass is 394 g/mol. The van der Waals surface area contributed by atoms with Gasteiger partial charge in [-0.05, 0) is 18.6 Å². The van der Waals surface area contributed by atoms with Crippen LogP contribution >= 0.6 is 27.7 Å². The molecule has 0 aromatic heterocycles. The fourth-order valence-electron chi connectivity index (χ4n) is 2.76. The first-order valence-electron chi connectivity index (χ1n) is 7.11. The van der Waals surface area contributed by atoms with Gasteiger partial charge in [0.05, 0.1) is 24.4 Å². The highest BCUT2D eigenvalue weighted by atomic mass is 79.9. The van der Waals surface area contributed by atoms with Crippen molar-refractivity contribution in [3.8, 4) is 0 Å². The summed E-state index contributed by atoms with van der Waals surface area (Å²) in [7, 11) is 1.34. The number of hydrogen-bond donors (Lipinski definition) is 0. The van der Waals surface area contributed by atoms with Crippen LogP contribution in [-0.4, -0.2) is 34.8 Å². The van der Waals surface area contributed by atoms with Crippen molar-refractivity contribution in [3.63, 3.8) is 0 Å². The maximum Gasteiger partial charge on any atom is 0.338 e. The number of carbonyl (C=O) groups excluding carboxylic acids is 2. The molecule has 7 heteroatoms. The second kappa shape index (κ2) is 6.49. The highest BCUT2D eigenvalue weighted by Crippen LogP contribution is 2.42. The highest BCUT2D eigenvalue weighted by molar-refractivity contribution is 9.10. The van der Waals surface area contributed by atoms with Gasteiger partial charge in [0.2, 0.25) is 5.91 Å². The van der Waals surface area contributed by atoms with E-state index in [0.29, 0.717) is 28.6 Å². The summed E-state index contributed by atoms with van der Waals surface area (Å²) >= 11 is 5.06. The Bertz CT molecular complexity index is 745. The number of fused-ring (bicyclic) bond motifs is 1. The van der Waals surface area contributed by atoms with Crippen LogP contribution in [0.15, 0.2) is 45.0 Å². The average Bonchev–Trinajstić information content (AvgIpc) is 2.54. The summed E-state index contributed by atoms with van der Waals surface area (Å²) in [4.78, 5) is 30.9. The van der Waals surface area contributed by atoms with E-state index in [1.807, 2.05) is 24.3 Å². The number of amidine groups is 1. The molecule has 1 fully saturated rings. The molecule has 0 spiro atoms. The molecule has 0 bridgehead atoms. The first-order chi connectivity index (χ1) is 11.0. The lowest BCUT2D eigenvalue weighted by Crippen LogP contribution is -2.45. The van der Waals surface area contributed by atoms with Crippen LogP contribution in [0, 0.1) is 0 Å². The SMILES string of the molecule is COC(=O)C1=C(C)N=C2SCCC(=O)N2[C@H]1c1ccccc1Br. The second-order valence-electron chi connectivity index (χ2n) is 5.17. The number of halogens is 1. The van der Waals surface area contributed by atoms with E-state index in [-0.39, 0.29) is 5.91 Å². The van der Waals surface area contributed by atoms with E-state index in [2.05, 4.69) is 20.9 Å². The molecule has 1 aromatic carbocycles.